The smallest absolute Gasteiger partial charge is 0.0562 e. The minimum atomic E-state index is 0.159. The van der Waals surface area contributed by atoms with Gasteiger partial charge in [0.15, 0.2) is 0 Å². The third kappa shape index (κ3) is 2.92. The monoisotopic (exact) mass is 368 g/mol. The van der Waals surface area contributed by atoms with Crippen LogP contribution in [0.3, 0.4) is 0 Å². The highest BCUT2D eigenvalue weighted by atomic mass is 15.1. The molecule has 0 atom stereocenters. The van der Waals surface area contributed by atoms with Crippen LogP contribution < -0.4 is 0 Å². The summed E-state index contributed by atoms with van der Waals surface area (Å²) in [5.41, 5.74) is 12.1. The lowest BCUT2D eigenvalue weighted by Crippen LogP contribution is -2.12. The van der Waals surface area contributed by atoms with Gasteiger partial charge in [-0.2, -0.15) is 5.10 Å². The third-order valence-corrected chi connectivity index (χ3v) is 6.60. The Hall–Kier alpha value is -2.61. The maximum absolute atomic E-state index is 3.96. The number of hydrogen-bond acceptors (Lipinski definition) is 1. The number of nitrogens with zero attached hydrogens (tertiary/aromatic N) is 1. The van der Waals surface area contributed by atoms with Gasteiger partial charge in [0.2, 0.25) is 0 Å². The van der Waals surface area contributed by atoms with E-state index in [2.05, 4.69) is 72.6 Å². The average Bonchev–Trinajstić information content (AvgIpc) is 3.32. The van der Waals surface area contributed by atoms with Gasteiger partial charge < -0.3 is 0 Å². The Kier molecular flexibility index (Phi) is 4.23. The van der Waals surface area contributed by atoms with Gasteiger partial charge in [-0.1, -0.05) is 62.4 Å². The maximum Gasteiger partial charge on any atom is 0.0562 e. The van der Waals surface area contributed by atoms with Gasteiger partial charge >= 0.3 is 0 Å². The molecular weight excluding hydrogens is 340 g/mol. The van der Waals surface area contributed by atoms with E-state index in [0.717, 1.165) is 0 Å². The Balaban J connectivity index is 0.000000145. The lowest BCUT2D eigenvalue weighted by molar-refractivity contribution is 0.651. The van der Waals surface area contributed by atoms with Gasteiger partial charge in [-0.05, 0) is 71.9 Å². The number of allylic oxidation sites excluding steroid dienone is 1. The van der Waals surface area contributed by atoms with Gasteiger partial charge in [-0.3, -0.25) is 5.10 Å². The second-order valence-corrected chi connectivity index (χ2v) is 8.85. The summed E-state index contributed by atoms with van der Waals surface area (Å²) in [5, 5.41) is 6.96. The molecule has 3 aromatic rings. The number of aromatic amines is 1. The molecule has 0 saturated heterocycles. The number of nitrogens with one attached hydrogen (secondary N) is 1. The van der Waals surface area contributed by atoms with Crippen LogP contribution in [0.15, 0.2) is 48.7 Å². The fraction of sp³-hybridized carbons (Fsp3) is 0.346. The van der Waals surface area contributed by atoms with Crippen molar-refractivity contribution in [1.82, 2.24) is 10.2 Å². The molecule has 2 heteroatoms. The molecule has 0 fully saturated rings. The van der Waals surface area contributed by atoms with Gasteiger partial charge in [0, 0.05) is 11.0 Å². The molecule has 1 aromatic heterocycles. The number of aryl methyl sites for hydroxylation is 2. The van der Waals surface area contributed by atoms with Crippen LogP contribution in [0.25, 0.3) is 17.2 Å². The molecule has 28 heavy (non-hydrogen) atoms. The van der Waals surface area contributed by atoms with E-state index < -0.39 is 0 Å². The van der Waals surface area contributed by atoms with Crippen molar-refractivity contribution in [3.8, 4) is 11.1 Å². The average molecular weight is 369 g/mol. The van der Waals surface area contributed by atoms with E-state index in [9.17, 15) is 0 Å². The summed E-state index contributed by atoms with van der Waals surface area (Å²) in [6.07, 6.45) is 14.0. The number of fused-ring (bicyclic) bond motifs is 6. The van der Waals surface area contributed by atoms with Crippen LogP contribution in [0.2, 0.25) is 0 Å². The predicted octanol–water partition coefficient (Wildman–Crippen LogP) is 6.05. The van der Waals surface area contributed by atoms with Crippen molar-refractivity contribution < 1.29 is 0 Å². The van der Waals surface area contributed by atoms with Crippen LogP contribution in [-0.4, -0.2) is 10.2 Å². The van der Waals surface area contributed by atoms with Crippen molar-refractivity contribution in [2.75, 3.05) is 0 Å². The van der Waals surface area contributed by atoms with Crippen LogP contribution in [0.5, 0.6) is 0 Å². The number of rotatable bonds is 0. The highest BCUT2D eigenvalue weighted by Crippen LogP contribution is 2.38. The van der Waals surface area contributed by atoms with Crippen molar-refractivity contribution >= 4 is 6.08 Å². The van der Waals surface area contributed by atoms with E-state index in [1.807, 2.05) is 6.20 Å². The van der Waals surface area contributed by atoms with E-state index in [1.54, 1.807) is 16.7 Å². The Morgan fingerprint density at radius 1 is 0.821 bits per heavy atom. The largest absolute Gasteiger partial charge is 0.281 e. The van der Waals surface area contributed by atoms with Gasteiger partial charge in [0.1, 0.15) is 0 Å². The quantitative estimate of drug-likeness (QED) is 0.514. The van der Waals surface area contributed by atoms with Crippen molar-refractivity contribution in [3.63, 3.8) is 0 Å². The van der Waals surface area contributed by atoms with Crippen molar-refractivity contribution in [3.05, 3.63) is 82.2 Å². The summed E-state index contributed by atoms with van der Waals surface area (Å²) in [6.45, 7) is 4.35. The molecule has 0 aliphatic heterocycles. The Morgan fingerprint density at radius 2 is 1.68 bits per heavy atom. The second-order valence-electron chi connectivity index (χ2n) is 8.85. The predicted molar refractivity (Wildman–Crippen MR) is 117 cm³/mol. The number of aromatic nitrogens is 2. The summed E-state index contributed by atoms with van der Waals surface area (Å²) in [6, 6.07) is 13.7. The van der Waals surface area contributed by atoms with Crippen LogP contribution in [0.4, 0.5) is 0 Å². The number of H-pyrrole nitrogens is 1. The van der Waals surface area contributed by atoms with Gasteiger partial charge in [-0.25, -0.2) is 0 Å². The van der Waals surface area contributed by atoms with Crippen molar-refractivity contribution in [2.24, 2.45) is 0 Å². The first-order chi connectivity index (χ1) is 13.6. The molecule has 0 saturated carbocycles. The van der Waals surface area contributed by atoms with E-state index >= 15 is 0 Å². The number of hydrogen-bond donors (Lipinski definition) is 1. The van der Waals surface area contributed by atoms with Crippen LogP contribution in [0.1, 0.15) is 60.2 Å². The second kappa shape index (κ2) is 6.77. The minimum Gasteiger partial charge on any atom is -0.281 e. The molecule has 0 amide bonds. The normalized spacial score (nSPS) is 17.6. The van der Waals surface area contributed by atoms with Crippen molar-refractivity contribution in [1.29, 1.82) is 0 Å². The zero-order chi connectivity index (χ0) is 19.1. The molecule has 3 aliphatic carbocycles. The van der Waals surface area contributed by atoms with E-state index in [-0.39, 0.29) is 5.41 Å². The molecule has 6 rings (SSSR count). The lowest BCUT2D eigenvalue weighted by atomic mass is 9.78. The molecule has 142 valence electrons. The van der Waals surface area contributed by atoms with Crippen LogP contribution >= 0.6 is 0 Å². The molecule has 1 heterocycles. The zero-order valence-electron chi connectivity index (χ0n) is 16.9. The first kappa shape index (κ1) is 17.5. The van der Waals surface area contributed by atoms with E-state index in [1.165, 1.54) is 66.5 Å². The molecule has 0 radical (unpaired) electrons. The molecule has 1 N–H and O–H groups in total. The van der Waals surface area contributed by atoms with E-state index in [4.69, 9.17) is 0 Å². The van der Waals surface area contributed by atoms with Gasteiger partial charge in [0.05, 0.1) is 11.9 Å². The van der Waals surface area contributed by atoms with Crippen LogP contribution in [0, 0.1) is 0 Å². The van der Waals surface area contributed by atoms with Crippen molar-refractivity contribution in [2.45, 2.75) is 57.8 Å². The minimum absolute atomic E-state index is 0.159. The maximum atomic E-state index is 3.96. The summed E-state index contributed by atoms with van der Waals surface area (Å²) < 4.78 is 0. The molecule has 2 nitrogen and oxygen atoms in total. The molecule has 2 aromatic carbocycles. The first-order valence-corrected chi connectivity index (χ1v) is 10.6. The summed E-state index contributed by atoms with van der Waals surface area (Å²) in [4.78, 5) is 0. The Bertz CT molecular complexity index is 1050. The number of benzene rings is 2. The third-order valence-electron chi connectivity index (χ3n) is 6.60. The summed E-state index contributed by atoms with van der Waals surface area (Å²) in [7, 11) is 0. The molecule has 0 spiro atoms. The first-order valence-electron chi connectivity index (χ1n) is 10.6. The highest BCUT2D eigenvalue weighted by Gasteiger charge is 2.26. The fourth-order valence-electron chi connectivity index (χ4n) is 5.02. The Labute approximate surface area is 167 Å². The van der Waals surface area contributed by atoms with Gasteiger partial charge in [-0.15, -0.1) is 0 Å². The molecule has 0 unspecified atom stereocenters. The SMILES string of the molecule is CC1(C)C=Cc2cn[nH]c21.c1ccc2c(c1)CCc1c-2ccc2c1CCCC2. The summed E-state index contributed by atoms with van der Waals surface area (Å²) >= 11 is 0. The molecular formula is C26H28N2. The Morgan fingerprint density at radius 3 is 2.57 bits per heavy atom. The zero-order valence-corrected chi connectivity index (χ0v) is 16.9. The van der Waals surface area contributed by atoms with Gasteiger partial charge in [0.25, 0.3) is 0 Å². The summed E-state index contributed by atoms with van der Waals surface area (Å²) in [5.74, 6) is 0. The molecule has 0 bridgehead atoms. The molecule has 3 aliphatic rings. The van der Waals surface area contributed by atoms with Crippen LogP contribution in [-0.2, 0) is 31.1 Å². The van der Waals surface area contributed by atoms with E-state index in [0.29, 0.717) is 0 Å². The lowest BCUT2D eigenvalue weighted by Gasteiger charge is -2.26. The highest BCUT2D eigenvalue weighted by molar-refractivity contribution is 5.75. The fourth-order valence-corrected chi connectivity index (χ4v) is 5.02. The standard InChI is InChI=1S/C18H18.C8H10N2/c1-3-7-15-13(5-1)9-11-18-16-8-4-2-6-14(16)10-12-17(15)18;1-8(2)4-3-6-5-9-10-7(6)8/h1,3,5,7,10,12H,2,4,6,8-9,11H2;3-5H,1-2H3,(H,9,10). The topological polar surface area (TPSA) is 28.7 Å².